The summed E-state index contributed by atoms with van der Waals surface area (Å²) in [6, 6.07) is 55.9. The van der Waals surface area contributed by atoms with E-state index in [4.69, 9.17) is 18.9 Å². The summed E-state index contributed by atoms with van der Waals surface area (Å²) in [6.07, 6.45) is -1.48. The van der Waals surface area contributed by atoms with Crippen LogP contribution in [0.5, 0.6) is 0 Å². The Morgan fingerprint density at radius 2 is 0.862 bits per heavy atom. The first kappa shape index (κ1) is 37.7. The number of carbonyl (C=O) groups is 2. The molecular formula is C52H48O6. The van der Waals surface area contributed by atoms with E-state index in [1.165, 1.54) is 0 Å². The average molecular weight is 769 g/mol. The summed E-state index contributed by atoms with van der Waals surface area (Å²) in [5.74, 6) is -2.91. The van der Waals surface area contributed by atoms with Gasteiger partial charge in [-0.15, -0.1) is 0 Å². The van der Waals surface area contributed by atoms with Gasteiger partial charge in [0.1, 0.15) is 12.2 Å². The summed E-state index contributed by atoms with van der Waals surface area (Å²) in [4.78, 5) is 31.0. The van der Waals surface area contributed by atoms with E-state index in [0.29, 0.717) is 28.7 Å². The highest BCUT2D eigenvalue weighted by molar-refractivity contribution is 5.83. The molecule has 3 aliphatic rings. The summed E-state index contributed by atoms with van der Waals surface area (Å²) in [6.45, 7) is 7.53. The normalized spacial score (nSPS) is 24.7. The van der Waals surface area contributed by atoms with E-state index in [-0.39, 0.29) is 12.3 Å². The van der Waals surface area contributed by atoms with Gasteiger partial charge in [0.2, 0.25) is 0 Å². The molecule has 9 rings (SSSR count). The highest BCUT2D eigenvalue weighted by Gasteiger charge is 2.66. The molecule has 0 radical (unpaired) electrons. The van der Waals surface area contributed by atoms with Crippen molar-refractivity contribution < 1.29 is 28.5 Å². The zero-order valence-electron chi connectivity index (χ0n) is 33.3. The van der Waals surface area contributed by atoms with Gasteiger partial charge >= 0.3 is 11.9 Å². The summed E-state index contributed by atoms with van der Waals surface area (Å²) >= 11 is 0. The van der Waals surface area contributed by atoms with Gasteiger partial charge in [0.05, 0.1) is 11.3 Å². The number of hydrogen-bond acceptors (Lipinski definition) is 6. The highest BCUT2D eigenvalue weighted by Crippen LogP contribution is 2.56. The number of fused-ring (bicyclic) bond motifs is 4. The molecule has 6 nitrogen and oxygen atoms in total. The van der Waals surface area contributed by atoms with Crippen LogP contribution in [-0.4, -0.2) is 29.9 Å². The van der Waals surface area contributed by atoms with Gasteiger partial charge in [-0.3, -0.25) is 9.59 Å². The Hall–Kier alpha value is -5.82. The topological polar surface area (TPSA) is 71.1 Å². The molecule has 0 aromatic heterocycles. The number of benzene rings is 6. The van der Waals surface area contributed by atoms with Crippen LogP contribution in [0, 0.1) is 11.3 Å². The van der Waals surface area contributed by atoms with E-state index in [0.717, 1.165) is 22.3 Å². The van der Waals surface area contributed by atoms with Crippen molar-refractivity contribution in [3.8, 4) is 11.1 Å². The molecular weight excluding hydrogens is 721 g/mol. The number of carbonyl (C=O) groups excluding carboxylic acids is 2. The fourth-order valence-electron chi connectivity index (χ4n) is 9.91. The summed E-state index contributed by atoms with van der Waals surface area (Å²) < 4.78 is 28.8. The molecule has 0 saturated carbocycles. The number of cyclic esters (lactones) is 2. The molecule has 0 amide bonds. The third-order valence-corrected chi connectivity index (χ3v) is 12.5. The van der Waals surface area contributed by atoms with Crippen molar-refractivity contribution >= 4 is 11.9 Å². The van der Waals surface area contributed by atoms with Gasteiger partial charge < -0.3 is 18.9 Å². The Labute approximate surface area is 340 Å². The maximum atomic E-state index is 15.9. The molecule has 2 saturated heterocycles. The molecule has 6 aromatic carbocycles. The fraction of sp³-hybridized carbons (Fsp3) is 0.269. The van der Waals surface area contributed by atoms with Crippen LogP contribution in [0.3, 0.4) is 0 Å². The van der Waals surface area contributed by atoms with E-state index >= 15 is 9.59 Å². The standard InChI is InChI=1S/C52H48O6/c1-35-33-50(4,34-44-42-31-19-17-29-40(42)41-30-18-20-32-43(41)44)48(54)58-52(38-25-13-7-14-26-38,39-27-15-8-16-28-39)46-45(55-49(2,3)56-46)51(57-47(35)53,36-21-9-5-10-22-36)37-23-11-6-12-24-37/h5-32,35,44-46H,33-34H2,1-4H3/t35-,45+,46+,50+/m0/s1. The molecule has 0 bridgehead atoms. The van der Waals surface area contributed by atoms with Gasteiger partial charge in [0, 0.05) is 28.2 Å². The first-order valence-corrected chi connectivity index (χ1v) is 20.3. The average Bonchev–Trinajstić information content (AvgIpc) is 3.76. The maximum absolute atomic E-state index is 15.9. The predicted octanol–water partition coefficient (Wildman–Crippen LogP) is 10.7. The number of esters is 2. The Morgan fingerprint density at radius 3 is 1.28 bits per heavy atom. The minimum atomic E-state index is -1.58. The minimum absolute atomic E-state index is 0.119. The SMILES string of the molecule is C[C@H]1C[C@](C)(CC2c3ccccc3-c3ccccc32)C(=O)OC(c2ccccc2)(c2ccccc2)[C@@H]2OC(C)(C)O[C@H]2C(c2ccccc2)(c2ccccc2)OC1=O. The van der Waals surface area contributed by atoms with Gasteiger partial charge in [-0.25, -0.2) is 0 Å². The van der Waals surface area contributed by atoms with Crippen molar-refractivity contribution in [1.29, 1.82) is 0 Å². The zero-order valence-corrected chi connectivity index (χ0v) is 33.3. The molecule has 4 atom stereocenters. The van der Waals surface area contributed by atoms with Gasteiger partial charge in [0.15, 0.2) is 17.0 Å². The fourth-order valence-corrected chi connectivity index (χ4v) is 9.91. The second kappa shape index (κ2) is 14.5. The largest absolute Gasteiger partial charge is 0.446 e. The Morgan fingerprint density at radius 1 is 0.500 bits per heavy atom. The van der Waals surface area contributed by atoms with Gasteiger partial charge in [-0.1, -0.05) is 177 Å². The van der Waals surface area contributed by atoms with Crippen LogP contribution in [0.2, 0.25) is 0 Å². The third-order valence-electron chi connectivity index (χ3n) is 12.5. The number of hydrogen-bond donors (Lipinski definition) is 0. The molecule has 58 heavy (non-hydrogen) atoms. The van der Waals surface area contributed by atoms with Crippen molar-refractivity contribution in [2.45, 2.75) is 75.7 Å². The quantitative estimate of drug-likeness (QED) is 0.157. The van der Waals surface area contributed by atoms with E-state index in [1.807, 2.05) is 149 Å². The summed E-state index contributed by atoms with van der Waals surface area (Å²) in [5, 5.41) is 0. The number of rotatable bonds is 6. The molecule has 0 unspecified atom stereocenters. The molecule has 0 spiro atoms. The smallest absolute Gasteiger partial charge is 0.313 e. The maximum Gasteiger partial charge on any atom is 0.313 e. The first-order valence-electron chi connectivity index (χ1n) is 20.3. The summed E-state index contributed by atoms with van der Waals surface area (Å²) in [7, 11) is 0. The molecule has 6 aromatic rings. The van der Waals surface area contributed by atoms with E-state index < -0.39 is 52.5 Å². The monoisotopic (exact) mass is 768 g/mol. The minimum Gasteiger partial charge on any atom is -0.446 e. The lowest BCUT2D eigenvalue weighted by Gasteiger charge is -2.46. The molecule has 0 N–H and O–H groups in total. The Balaban J connectivity index is 1.32. The molecule has 6 heteroatoms. The van der Waals surface area contributed by atoms with E-state index in [9.17, 15) is 0 Å². The second-order valence-electron chi connectivity index (χ2n) is 16.8. The molecule has 1 aliphatic carbocycles. The van der Waals surface area contributed by atoms with Gasteiger partial charge in [0.25, 0.3) is 0 Å². The van der Waals surface area contributed by atoms with Crippen LogP contribution in [0.1, 0.15) is 79.8 Å². The molecule has 292 valence electrons. The molecule has 2 fully saturated rings. The van der Waals surface area contributed by atoms with Crippen molar-refractivity contribution in [2.24, 2.45) is 11.3 Å². The van der Waals surface area contributed by atoms with Gasteiger partial charge in [-0.05, 0) is 55.9 Å². The highest BCUT2D eigenvalue weighted by atomic mass is 16.8. The molecule has 2 aliphatic heterocycles. The van der Waals surface area contributed by atoms with Crippen molar-refractivity contribution in [1.82, 2.24) is 0 Å². The third kappa shape index (κ3) is 6.18. The number of ether oxygens (including phenoxy) is 4. The van der Waals surface area contributed by atoms with Crippen LogP contribution in [-0.2, 0) is 39.7 Å². The van der Waals surface area contributed by atoms with E-state index in [1.54, 1.807) is 0 Å². The lowest BCUT2D eigenvalue weighted by Crippen LogP contribution is -2.58. The summed E-state index contributed by atoms with van der Waals surface area (Å²) in [5.41, 5.74) is 3.14. The van der Waals surface area contributed by atoms with Crippen LogP contribution in [0.15, 0.2) is 170 Å². The van der Waals surface area contributed by atoms with Gasteiger partial charge in [-0.2, -0.15) is 0 Å². The lowest BCUT2D eigenvalue weighted by molar-refractivity contribution is -0.197. The zero-order chi connectivity index (χ0) is 40.1. The van der Waals surface area contributed by atoms with Crippen LogP contribution in [0.25, 0.3) is 11.1 Å². The van der Waals surface area contributed by atoms with Crippen LogP contribution >= 0.6 is 0 Å². The molecule has 2 heterocycles. The second-order valence-corrected chi connectivity index (χ2v) is 16.8. The lowest BCUT2D eigenvalue weighted by atomic mass is 9.71. The van der Waals surface area contributed by atoms with Crippen LogP contribution in [0.4, 0.5) is 0 Å². The van der Waals surface area contributed by atoms with Crippen molar-refractivity contribution in [2.75, 3.05) is 0 Å². The van der Waals surface area contributed by atoms with E-state index in [2.05, 4.69) is 48.5 Å². The van der Waals surface area contributed by atoms with Crippen molar-refractivity contribution in [3.05, 3.63) is 203 Å². The Bertz CT molecular complexity index is 2300. The predicted molar refractivity (Wildman–Crippen MR) is 224 cm³/mol. The van der Waals surface area contributed by atoms with Crippen LogP contribution < -0.4 is 0 Å². The first-order chi connectivity index (χ1) is 28.1. The van der Waals surface area contributed by atoms with Crippen molar-refractivity contribution in [3.63, 3.8) is 0 Å². The Kier molecular flexibility index (Phi) is 9.45.